The van der Waals surface area contributed by atoms with Gasteiger partial charge in [0.25, 0.3) is 5.91 Å². The lowest BCUT2D eigenvalue weighted by Crippen LogP contribution is -2.35. The first-order chi connectivity index (χ1) is 11.5. The zero-order valence-corrected chi connectivity index (χ0v) is 16.9. The number of methoxy groups -OCH3 is 1. The van der Waals surface area contributed by atoms with Crippen LogP contribution in [0, 0.1) is 0 Å². The summed E-state index contributed by atoms with van der Waals surface area (Å²) in [6, 6.07) is 3.61. The Hall–Kier alpha value is -0.600. The Balaban J connectivity index is 1.86. The van der Waals surface area contributed by atoms with E-state index < -0.39 is 0 Å². The van der Waals surface area contributed by atoms with Crippen molar-refractivity contribution in [2.75, 3.05) is 20.3 Å². The van der Waals surface area contributed by atoms with Gasteiger partial charge in [0, 0.05) is 16.6 Å². The monoisotopic (exact) mass is 447 g/mol. The number of thioether (sulfide) groups is 1. The van der Waals surface area contributed by atoms with Crippen LogP contribution in [0.3, 0.4) is 0 Å². The molecular weight excluding hydrogens is 434 g/mol. The van der Waals surface area contributed by atoms with E-state index in [0.717, 1.165) is 29.5 Å². The Morgan fingerprint density at radius 3 is 3.04 bits per heavy atom. The van der Waals surface area contributed by atoms with Gasteiger partial charge in [0.05, 0.1) is 29.7 Å². The first kappa shape index (κ1) is 18.2. The number of carbonyl (C=O) groups is 1. The van der Waals surface area contributed by atoms with Gasteiger partial charge >= 0.3 is 0 Å². The zero-order chi connectivity index (χ0) is 17.3. The average Bonchev–Trinajstić information content (AvgIpc) is 3.11. The molecule has 0 bridgehead atoms. The first-order valence-corrected chi connectivity index (χ1v) is 9.79. The summed E-state index contributed by atoms with van der Waals surface area (Å²) in [7, 11) is 1.55. The SMILES string of the molecule is COc1c(Cl)cc(Br)cc1/C=C1\SC(=S)N(C[C@@H]2CCCO2)C1=O. The highest BCUT2D eigenvalue weighted by Crippen LogP contribution is 2.38. The molecule has 0 aromatic heterocycles. The Morgan fingerprint density at radius 2 is 2.38 bits per heavy atom. The largest absolute Gasteiger partial charge is 0.495 e. The van der Waals surface area contributed by atoms with Gasteiger partial charge in [-0.25, -0.2) is 0 Å². The smallest absolute Gasteiger partial charge is 0.266 e. The molecule has 4 nitrogen and oxygen atoms in total. The molecule has 1 aromatic carbocycles. The van der Waals surface area contributed by atoms with Crippen molar-refractivity contribution in [1.29, 1.82) is 0 Å². The van der Waals surface area contributed by atoms with Gasteiger partial charge < -0.3 is 9.47 Å². The molecule has 0 N–H and O–H groups in total. The van der Waals surface area contributed by atoms with E-state index in [9.17, 15) is 4.79 Å². The normalized spacial score (nSPS) is 22.7. The summed E-state index contributed by atoms with van der Waals surface area (Å²) in [6.45, 7) is 1.27. The quantitative estimate of drug-likeness (QED) is 0.501. The number of thiocarbonyl (C=S) groups is 1. The second-order valence-corrected chi connectivity index (χ2v) is 8.44. The minimum Gasteiger partial charge on any atom is -0.495 e. The van der Waals surface area contributed by atoms with Crippen molar-refractivity contribution in [2.24, 2.45) is 0 Å². The Morgan fingerprint density at radius 1 is 1.58 bits per heavy atom. The second-order valence-electron chi connectivity index (χ2n) is 5.44. The first-order valence-electron chi connectivity index (χ1n) is 7.39. The van der Waals surface area contributed by atoms with E-state index in [1.807, 2.05) is 6.07 Å². The minimum absolute atomic E-state index is 0.0710. The highest BCUT2D eigenvalue weighted by atomic mass is 79.9. The predicted molar refractivity (Wildman–Crippen MR) is 105 cm³/mol. The van der Waals surface area contributed by atoms with Crippen molar-refractivity contribution >= 4 is 67.8 Å². The number of rotatable bonds is 4. The van der Waals surface area contributed by atoms with E-state index in [2.05, 4.69) is 15.9 Å². The van der Waals surface area contributed by atoms with Crippen molar-refractivity contribution in [1.82, 2.24) is 4.90 Å². The molecular formula is C16H15BrClNO3S2. The topological polar surface area (TPSA) is 38.8 Å². The van der Waals surface area contributed by atoms with Crippen LogP contribution in [0.5, 0.6) is 5.75 Å². The number of amides is 1. The van der Waals surface area contributed by atoms with Crippen molar-refractivity contribution in [3.05, 3.63) is 32.1 Å². The fraction of sp³-hybridized carbons (Fsp3) is 0.375. The van der Waals surface area contributed by atoms with Crippen LogP contribution in [0.25, 0.3) is 6.08 Å². The Labute approximate surface area is 163 Å². The molecule has 2 saturated heterocycles. The summed E-state index contributed by atoms with van der Waals surface area (Å²) in [5.74, 6) is 0.433. The van der Waals surface area contributed by atoms with Crippen LogP contribution < -0.4 is 4.74 Å². The lowest BCUT2D eigenvalue weighted by molar-refractivity contribution is -0.123. The van der Waals surface area contributed by atoms with Crippen LogP contribution in [-0.4, -0.2) is 41.5 Å². The van der Waals surface area contributed by atoms with E-state index in [1.165, 1.54) is 11.8 Å². The van der Waals surface area contributed by atoms with Crippen LogP contribution in [0.1, 0.15) is 18.4 Å². The molecule has 1 atom stereocenters. The van der Waals surface area contributed by atoms with E-state index in [4.69, 9.17) is 33.3 Å². The second kappa shape index (κ2) is 7.74. The number of halogens is 2. The van der Waals surface area contributed by atoms with E-state index in [0.29, 0.717) is 26.5 Å². The molecule has 128 valence electrons. The number of carbonyl (C=O) groups excluding carboxylic acids is 1. The zero-order valence-electron chi connectivity index (χ0n) is 12.9. The molecule has 1 aromatic rings. The number of nitrogens with zero attached hydrogens (tertiary/aromatic N) is 1. The molecule has 8 heteroatoms. The fourth-order valence-corrected chi connectivity index (χ4v) is 4.87. The molecule has 0 radical (unpaired) electrons. The van der Waals surface area contributed by atoms with E-state index in [1.54, 1.807) is 24.2 Å². The summed E-state index contributed by atoms with van der Waals surface area (Å²) in [6.07, 6.45) is 3.83. The molecule has 2 fully saturated rings. The van der Waals surface area contributed by atoms with Gasteiger partial charge in [-0.2, -0.15) is 0 Å². The molecule has 24 heavy (non-hydrogen) atoms. The lowest BCUT2D eigenvalue weighted by Gasteiger charge is -2.18. The summed E-state index contributed by atoms with van der Waals surface area (Å²) < 4.78 is 12.3. The van der Waals surface area contributed by atoms with Gasteiger partial charge in [0.2, 0.25) is 0 Å². The number of ether oxygens (including phenoxy) is 2. The van der Waals surface area contributed by atoms with Crippen LogP contribution in [0.15, 0.2) is 21.5 Å². The number of hydrogen-bond acceptors (Lipinski definition) is 5. The van der Waals surface area contributed by atoms with Gasteiger partial charge in [-0.1, -0.05) is 51.5 Å². The van der Waals surface area contributed by atoms with Gasteiger partial charge in [0.1, 0.15) is 10.1 Å². The van der Waals surface area contributed by atoms with E-state index >= 15 is 0 Å². The van der Waals surface area contributed by atoms with Gasteiger partial charge in [-0.05, 0) is 31.1 Å². The fourth-order valence-electron chi connectivity index (χ4n) is 2.69. The third-order valence-electron chi connectivity index (χ3n) is 3.81. The highest BCUT2D eigenvalue weighted by molar-refractivity contribution is 9.10. The maximum absolute atomic E-state index is 12.7. The molecule has 0 unspecified atom stereocenters. The molecule has 2 heterocycles. The molecule has 2 aliphatic rings. The van der Waals surface area contributed by atoms with Gasteiger partial charge in [-0.15, -0.1) is 0 Å². The van der Waals surface area contributed by atoms with Crippen LogP contribution >= 0.6 is 51.5 Å². The van der Waals surface area contributed by atoms with Crippen molar-refractivity contribution in [2.45, 2.75) is 18.9 Å². The van der Waals surface area contributed by atoms with E-state index in [-0.39, 0.29) is 12.0 Å². The van der Waals surface area contributed by atoms with Crippen molar-refractivity contribution < 1.29 is 14.3 Å². The Bertz CT molecular complexity index is 720. The van der Waals surface area contributed by atoms with Crippen LogP contribution in [0.4, 0.5) is 0 Å². The van der Waals surface area contributed by atoms with Gasteiger partial charge in [-0.3, -0.25) is 9.69 Å². The van der Waals surface area contributed by atoms with Gasteiger partial charge in [0.15, 0.2) is 0 Å². The summed E-state index contributed by atoms with van der Waals surface area (Å²) in [4.78, 5) is 14.9. The molecule has 0 aliphatic carbocycles. The maximum Gasteiger partial charge on any atom is 0.266 e. The van der Waals surface area contributed by atoms with Crippen LogP contribution in [-0.2, 0) is 9.53 Å². The molecule has 1 amide bonds. The maximum atomic E-state index is 12.7. The standard InChI is InChI=1S/C16H15BrClNO3S2/c1-21-14-9(5-10(17)7-12(14)18)6-13-15(20)19(16(23)24-13)8-11-3-2-4-22-11/h5-7,11H,2-4,8H2,1H3/b13-6-/t11-/m0/s1. The number of benzene rings is 1. The third-order valence-corrected chi connectivity index (χ3v) is 5.93. The van der Waals surface area contributed by atoms with Crippen LogP contribution in [0.2, 0.25) is 5.02 Å². The third kappa shape index (κ3) is 3.80. The minimum atomic E-state index is -0.0985. The Kier molecular flexibility index (Phi) is 5.87. The summed E-state index contributed by atoms with van der Waals surface area (Å²) in [5, 5.41) is 0.480. The molecule has 0 saturated carbocycles. The predicted octanol–water partition coefficient (Wildman–Crippen LogP) is 4.49. The summed E-state index contributed by atoms with van der Waals surface area (Å²) in [5.41, 5.74) is 0.731. The number of hydrogen-bond donors (Lipinski definition) is 0. The molecule has 3 rings (SSSR count). The van der Waals surface area contributed by atoms with Crippen molar-refractivity contribution in [3.63, 3.8) is 0 Å². The highest BCUT2D eigenvalue weighted by Gasteiger charge is 2.34. The molecule has 0 spiro atoms. The van der Waals surface area contributed by atoms with Crippen molar-refractivity contribution in [3.8, 4) is 5.75 Å². The molecule has 2 aliphatic heterocycles. The lowest BCUT2D eigenvalue weighted by atomic mass is 10.1. The summed E-state index contributed by atoms with van der Waals surface area (Å²) >= 11 is 16.3. The average molecular weight is 449 g/mol.